The molecule has 0 spiro atoms. The van der Waals surface area contributed by atoms with E-state index < -0.39 is 0 Å². The smallest absolute Gasteiger partial charge is 0.240 e. The molecule has 0 radical (unpaired) electrons. The van der Waals surface area contributed by atoms with Crippen LogP contribution in [0.3, 0.4) is 0 Å². The number of anilines is 1. The number of halogens is 1. The molecule has 26 heavy (non-hydrogen) atoms. The predicted molar refractivity (Wildman–Crippen MR) is 106 cm³/mol. The van der Waals surface area contributed by atoms with Crippen molar-refractivity contribution in [2.24, 2.45) is 5.10 Å². The average molecular weight is 370 g/mol. The van der Waals surface area contributed by atoms with E-state index in [9.17, 15) is 9.59 Å². The number of hydrogen-bond donors (Lipinski definition) is 2. The van der Waals surface area contributed by atoms with Gasteiger partial charge in [0.1, 0.15) is 0 Å². The van der Waals surface area contributed by atoms with E-state index >= 15 is 0 Å². The van der Waals surface area contributed by atoms with Gasteiger partial charge in [-0.05, 0) is 42.3 Å². The molecule has 0 fully saturated rings. The van der Waals surface area contributed by atoms with Crippen LogP contribution in [0, 0.1) is 6.92 Å². The number of hydrazone groups is 1. The van der Waals surface area contributed by atoms with Crippen LogP contribution in [-0.4, -0.2) is 18.0 Å². The van der Waals surface area contributed by atoms with Gasteiger partial charge in [0.05, 0.1) is 0 Å². The monoisotopic (exact) mass is 369 g/mol. The summed E-state index contributed by atoms with van der Waals surface area (Å²) in [5.74, 6) is -0.559. The highest BCUT2D eigenvalue weighted by Gasteiger charge is 2.08. The van der Waals surface area contributed by atoms with Crippen LogP contribution in [0.4, 0.5) is 5.69 Å². The van der Waals surface area contributed by atoms with Gasteiger partial charge in [-0.25, -0.2) is 5.43 Å². The molecular weight excluding hydrogens is 350 g/mol. The van der Waals surface area contributed by atoms with E-state index in [1.165, 1.54) is 6.21 Å². The van der Waals surface area contributed by atoms with Crippen LogP contribution in [0.1, 0.15) is 24.0 Å². The van der Waals surface area contributed by atoms with Gasteiger partial charge < -0.3 is 5.32 Å². The van der Waals surface area contributed by atoms with Gasteiger partial charge >= 0.3 is 0 Å². The molecule has 5 nitrogen and oxygen atoms in total. The summed E-state index contributed by atoms with van der Waals surface area (Å²) in [6.07, 6.45) is 5.21. The molecule has 0 bridgehead atoms. The van der Waals surface area contributed by atoms with E-state index in [0.29, 0.717) is 10.7 Å². The normalized spacial score (nSPS) is 11.0. The van der Waals surface area contributed by atoms with Gasteiger partial charge in [-0.2, -0.15) is 5.10 Å². The molecule has 0 atom stereocenters. The molecule has 2 aromatic rings. The van der Waals surface area contributed by atoms with E-state index in [4.69, 9.17) is 11.6 Å². The summed E-state index contributed by atoms with van der Waals surface area (Å²) in [4.78, 5) is 23.6. The minimum absolute atomic E-state index is 0.0538. The molecule has 6 heteroatoms. The molecule has 0 aliphatic carbocycles. The number of aryl methyl sites for hydroxylation is 1. The summed E-state index contributed by atoms with van der Waals surface area (Å²) < 4.78 is 0. The average Bonchev–Trinajstić information content (AvgIpc) is 2.63. The Kier molecular flexibility index (Phi) is 7.58. The Hall–Kier alpha value is -2.92. The largest absolute Gasteiger partial charge is 0.326 e. The summed E-state index contributed by atoms with van der Waals surface area (Å²) in [6.45, 7) is 1.85. The second kappa shape index (κ2) is 10.2. The lowest BCUT2D eigenvalue weighted by molar-refractivity contribution is -0.124. The van der Waals surface area contributed by atoms with Crippen molar-refractivity contribution in [2.45, 2.75) is 19.8 Å². The molecule has 134 valence electrons. The number of rotatable bonds is 7. The van der Waals surface area contributed by atoms with Crippen LogP contribution in [-0.2, 0) is 9.59 Å². The van der Waals surface area contributed by atoms with Gasteiger partial charge in [-0.3, -0.25) is 9.59 Å². The SMILES string of the molecule is Cc1cc(Cl)ccc1NC(=O)CCC(=O)N/N=C\C=C\c1ccccc1. The molecule has 2 rings (SSSR count). The van der Waals surface area contributed by atoms with Crippen molar-refractivity contribution in [3.63, 3.8) is 0 Å². The zero-order valence-electron chi connectivity index (χ0n) is 14.4. The fourth-order valence-corrected chi connectivity index (χ4v) is 2.36. The quantitative estimate of drug-likeness (QED) is 0.567. The highest BCUT2D eigenvalue weighted by atomic mass is 35.5. The molecule has 2 N–H and O–H groups in total. The third-order valence-corrected chi connectivity index (χ3v) is 3.71. The zero-order valence-corrected chi connectivity index (χ0v) is 15.2. The second-order valence-corrected chi connectivity index (χ2v) is 6.03. The number of benzene rings is 2. The highest BCUT2D eigenvalue weighted by Crippen LogP contribution is 2.19. The fourth-order valence-electron chi connectivity index (χ4n) is 2.13. The van der Waals surface area contributed by atoms with Crippen molar-refractivity contribution in [1.82, 2.24) is 5.43 Å². The Balaban J connectivity index is 1.70. The van der Waals surface area contributed by atoms with Crippen LogP contribution in [0.5, 0.6) is 0 Å². The van der Waals surface area contributed by atoms with Crippen molar-refractivity contribution in [1.29, 1.82) is 0 Å². The molecule has 2 amide bonds. The summed E-state index contributed by atoms with van der Waals surface area (Å²) in [5, 5.41) is 7.18. The van der Waals surface area contributed by atoms with Crippen LogP contribution in [0.2, 0.25) is 5.02 Å². The Labute approximate surface area is 157 Å². The minimum atomic E-state index is -0.322. The molecule has 0 saturated heterocycles. The molecule has 0 unspecified atom stereocenters. The first-order chi connectivity index (χ1) is 12.5. The molecular formula is C20H20ClN3O2. The van der Waals surface area contributed by atoms with Crippen molar-refractivity contribution >= 4 is 41.4 Å². The van der Waals surface area contributed by atoms with Gasteiger partial charge in [-0.1, -0.05) is 48.0 Å². The lowest BCUT2D eigenvalue weighted by atomic mass is 10.2. The Morgan fingerprint density at radius 3 is 2.54 bits per heavy atom. The Morgan fingerprint density at radius 1 is 1.08 bits per heavy atom. The zero-order chi connectivity index (χ0) is 18.8. The lowest BCUT2D eigenvalue weighted by Crippen LogP contribution is -2.20. The maximum absolute atomic E-state index is 11.9. The van der Waals surface area contributed by atoms with Crippen molar-refractivity contribution in [2.75, 3.05) is 5.32 Å². The van der Waals surface area contributed by atoms with Crippen LogP contribution >= 0.6 is 11.6 Å². The number of allylic oxidation sites excluding steroid dienone is 1. The topological polar surface area (TPSA) is 70.6 Å². The predicted octanol–water partition coefficient (Wildman–Crippen LogP) is 4.18. The first-order valence-corrected chi connectivity index (χ1v) is 8.52. The second-order valence-electron chi connectivity index (χ2n) is 5.59. The van der Waals surface area contributed by atoms with Crippen LogP contribution in [0.25, 0.3) is 6.08 Å². The minimum Gasteiger partial charge on any atom is -0.326 e. The van der Waals surface area contributed by atoms with Crippen LogP contribution in [0.15, 0.2) is 59.7 Å². The molecule has 0 aliphatic rings. The standard InChI is InChI=1S/C20H20ClN3O2/c1-15-14-17(21)9-10-18(15)23-19(25)11-12-20(26)24-22-13-5-8-16-6-3-2-4-7-16/h2-10,13-14H,11-12H2,1H3,(H,23,25)(H,24,26)/b8-5+,22-13-. The van der Waals surface area contributed by atoms with Crippen LogP contribution < -0.4 is 10.7 Å². The number of hydrogen-bond acceptors (Lipinski definition) is 3. The van der Waals surface area contributed by atoms with Gasteiger partial charge in [0, 0.05) is 29.8 Å². The molecule has 2 aromatic carbocycles. The van der Waals surface area contributed by atoms with E-state index in [1.54, 1.807) is 24.3 Å². The summed E-state index contributed by atoms with van der Waals surface area (Å²) in [6, 6.07) is 14.9. The number of carbonyl (C=O) groups is 2. The van der Waals surface area contributed by atoms with Crippen molar-refractivity contribution in [3.05, 3.63) is 70.8 Å². The van der Waals surface area contributed by atoms with Gasteiger partial charge in [0.25, 0.3) is 0 Å². The molecule has 0 heterocycles. The number of carbonyl (C=O) groups excluding carboxylic acids is 2. The number of nitrogens with one attached hydrogen (secondary N) is 2. The molecule has 0 aromatic heterocycles. The Bertz CT molecular complexity index is 817. The van der Waals surface area contributed by atoms with E-state index in [1.807, 2.05) is 43.3 Å². The fraction of sp³-hybridized carbons (Fsp3) is 0.150. The maximum atomic E-state index is 11.9. The summed E-state index contributed by atoms with van der Waals surface area (Å²) >= 11 is 5.88. The van der Waals surface area contributed by atoms with Gasteiger partial charge in [0.15, 0.2) is 0 Å². The first-order valence-electron chi connectivity index (χ1n) is 8.14. The van der Waals surface area contributed by atoms with E-state index in [2.05, 4.69) is 15.8 Å². The van der Waals surface area contributed by atoms with E-state index in [0.717, 1.165) is 11.1 Å². The number of amides is 2. The molecule has 0 saturated carbocycles. The third-order valence-electron chi connectivity index (χ3n) is 3.48. The molecule has 0 aliphatic heterocycles. The lowest BCUT2D eigenvalue weighted by Gasteiger charge is -2.08. The van der Waals surface area contributed by atoms with Crippen molar-refractivity contribution in [3.8, 4) is 0 Å². The summed E-state index contributed by atoms with van der Waals surface area (Å²) in [7, 11) is 0. The number of nitrogens with zero attached hydrogens (tertiary/aromatic N) is 1. The third kappa shape index (κ3) is 6.91. The summed E-state index contributed by atoms with van der Waals surface area (Å²) in [5.41, 5.74) is 4.98. The van der Waals surface area contributed by atoms with Crippen molar-refractivity contribution < 1.29 is 9.59 Å². The highest BCUT2D eigenvalue weighted by molar-refractivity contribution is 6.30. The maximum Gasteiger partial charge on any atom is 0.240 e. The first kappa shape index (κ1) is 19.4. The van der Waals surface area contributed by atoms with E-state index in [-0.39, 0.29) is 24.7 Å². The van der Waals surface area contributed by atoms with Gasteiger partial charge in [-0.15, -0.1) is 0 Å². The Morgan fingerprint density at radius 2 is 1.81 bits per heavy atom. The van der Waals surface area contributed by atoms with Gasteiger partial charge in [0.2, 0.25) is 11.8 Å².